The summed E-state index contributed by atoms with van der Waals surface area (Å²) in [6, 6.07) is 11.3. The fourth-order valence-corrected chi connectivity index (χ4v) is 5.99. The zero-order valence-electron chi connectivity index (χ0n) is 23.9. The fourth-order valence-electron chi connectivity index (χ4n) is 5.87. The summed E-state index contributed by atoms with van der Waals surface area (Å²) in [6.07, 6.45) is 2.95. The number of methoxy groups -OCH3 is 1. The summed E-state index contributed by atoms with van der Waals surface area (Å²) in [6.45, 7) is 5.91. The third-order valence-corrected chi connectivity index (χ3v) is 8.03. The van der Waals surface area contributed by atoms with Gasteiger partial charge < -0.3 is 24.0 Å². The zero-order chi connectivity index (χ0) is 29.0. The number of amides is 2. The Hall–Kier alpha value is -3.26. The first-order valence-corrected chi connectivity index (χ1v) is 14.4. The average Bonchev–Trinajstić information content (AvgIpc) is 2.92. The van der Waals surface area contributed by atoms with E-state index in [-0.39, 0.29) is 55.5 Å². The molecule has 1 atom stereocenters. The van der Waals surface area contributed by atoms with Gasteiger partial charge in [0.25, 0.3) is 0 Å². The van der Waals surface area contributed by atoms with E-state index in [0.717, 1.165) is 42.4 Å². The lowest BCUT2D eigenvalue weighted by Crippen LogP contribution is -2.50. The molecule has 1 unspecified atom stereocenters. The van der Waals surface area contributed by atoms with Crippen LogP contribution in [0, 0.1) is 0 Å². The van der Waals surface area contributed by atoms with Gasteiger partial charge in [0, 0.05) is 24.2 Å². The molecule has 4 rings (SSSR count). The van der Waals surface area contributed by atoms with Crippen molar-refractivity contribution in [2.24, 2.45) is 0 Å². The minimum absolute atomic E-state index is 0.00251. The molecule has 1 heterocycles. The SMILES string of the molecule is CCOC(=O)CC(=O)N(C)[C@H]1CC[C@H](N2C(=O)Cc3cc(OC)c(OC(C)C)cc3C2c2ccc(Cl)cc2)CC1. The van der Waals surface area contributed by atoms with Crippen molar-refractivity contribution in [1.29, 1.82) is 0 Å². The van der Waals surface area contributed by atoms with Crippen molar-refractivity contribution < 1.29 is 28.6 Å². The second kappa shape index (κ2) is 12.9. The molecule has 0 bridgehead atoms. The van der Waals surface area contributed by atoms with Crippen LogP contribution < -0.4 is 9.47 Å². The van der Waals surface area contributed by atoms with E-state index in [9.17, 15) is 14.4 Å². The lowest BCUT2D eigenvalue weighted by Gasteiger charge is -2.46. The predicted molar refractivity (Wildman–Crippen MR) is 153 cm³/mol. The number of esters is 1. The third-order valence-electron chi connectivity index (χ3n) is 7.78. The monoisotopic (exact) mass is 570 g/mol. The van der Waals surface area contributed by atoms with Gasteiger partial charge in [-0.1, -0.05) is 23.7 Å². The van der Waals surface area contributed by atoms with Gasteiger partial charge in [-0.25, -0.2) is 0 Å². The van der Waals surface area contributed by atoms with Crippen LogP contribution in [-0.2, 0) is 25.5 Å². The first kappa shape index (κ1) is 29.7. The number of carbonyl (C=O) groups excluding carboxylic acids is 3. The van der Waals surface area contributed by atoms with Gasteiger partial charge in [-0.3, -0.25) is 14.4 Å². The van der Waals surface area contributed by atoms with E-state index < -0.39 is 5.97 Å². The number of hydrogen-bond donors (Lipinski definition) is 0. The highest BCUT2D eigenvalue weighted by Crippen LogP contribution is 2.44. The summed E-state index contributed by atoms with van der Waals surface area (Å²) in [7, 11) is 3.35. The number of halogens is 1. The minimum atomic E-state index is -0.506. The Kier molecular flexibility index (Phi) is 9.61. The molecule has 1 saturated carbocycles. The van der Waals surface area contributed by atoms with Crippen LogP contribution in [0.2, 0.25) is 5.02 Å². The molecule has 0 saturated heterocycles. The highest BCUT2D eigenvalue weighted by Gasteiger charge is 2.41. The molecular formula is C31H39ClN2O6. The molecule has 1 aliphatic carbocycles. The van der Waals surface area contributed by atoms with Crippen molar-refractivity contribution in [3.63, 3.8) is 0 Å². The number of carbonyl (C=O) groups is 3. The number of nitrogens with zero attached hydrogens (tertiary/aromatic N) is 2. The summed E-state index contributed by atoms with van der Waals surface area (Å²) in [5.74, 6) is 0.571. The highest BCUT2D eigenvalue weighted by atomic mass is 35.5. The van der Waals surface area contributed by atoms with Gasteiger partial charge in [0.1, 0.15) is 6.42 Å². The van der Waals surface area contributed by atoms with E-state index in [1.165, 1.54) is 0 Å². The summed E-state index contributed by atoms with van der Waals surface area (Å²) < 4.78 is 16.6. The van der Waals surface area contributed by atoms with Crippen LogP contribution in [0.3, 0.4) is 0 Å². The standard InChI is InChI=1S/C31H39ClN2O6/c1-6-39-30(37)18-28(35)33(4)23-11-13-24(14-12-23)34-29(36)16-21-15-26(38-5)27(40-19(2)3)17-25(21)31(34)20-7-9-22(32)10-8-20/h7-10,15,17,19,23-24,31H,6,11-14,16,18H2,1-5H3/t23-,24-,31?. The molecule has 40 heavy (non-hydrogen) atoms. The summed E-state index contributed by atoms with van der Waals surface area (Å²) in [4.78, 5) is 41.9. The maximum atomic E-state index is 13.8. The van der Waals surface area contributed by atoms with E-state index in [1.54, 1.807) is 26.0 Å². The molecule has 8 nitrogen and oxygen atoms in total. The second-order valence-corrected chi connectivity index (χ2v) is 11.2. The summed E-state index contributed by atoms with van der Waals surface area (Å²) in [5, 5.41) is 0.632. The average molecular weight is 571 g/mol. The lowest BCUT2D eigenvalue weighted by molar-refractivity contribution is -0.149. The van der Waals surface area contributed by atoms with Crippen molar-refractivity contribution in [3.05, 3.63) is 58.1 Å². The van der Waals surface area contributed by atoms with Gasteiger partial charge in [-0.15, -0.1) is 0 Å². The van der Waals surface area contributed by atoms with Crippen molar-refractivity contribution >= 4 is 29.4 Å². The number of benzene rings is 2. The Balaban J connectivity index is 1.61. The molecule has 0 spiro atoms. The molecule has 0 aromatic heterocycles. The number of fused-ring (bicyclic) bond motifs is 1. The Bertz CT molecular complexity index is 1220. The smallest absolute Gasteiger partial charge is 0.315 e. The highest BCUT2D eigenvalue weighted by molar-refractivity contribution is 6.30. The first-order chi connectivity index (χ1) is 19.1. The van der Waals surface area contributed by atoms with E-state index in [1.807, 2.05) is 55.1 Å². The van der Waals surface area contributed by atoms with Crippen molar-refractivity contribution in [1.82, 2.24) is 9.80 Å². The molecule has 2 aromatic rings. The molecule has 2 amide bonds. The van der Waals surface area contributed by atoms with Gasteiger partial charge in [0.2, 0.25) is 11.8 Å². The maximum absolute atomic E-state index is 13.8. The Morgan fingerprint density at radius 3 is 2.35 bits per heavy atom. The number of hydrogen-bond acceptors (Lipinski definition) is 6. The Morgan fingerprint density at radius 1 is 1.07 bits per heavy atom. The van der Waals surface area contributed by atoms with Gasteiger partial charge in [-0.05, 0) is 87.4 Å². The van der Waals surface area contributed by atoms with Gasteiger partial charge >= 0.3 is 5.97 Å². The van der Waals surface area contributed by atoms with Gasteiger partial charge in [0.05, 0.1) is 32.3 Å². The molecule has 1 aliphatic heterocycles. The number of ether oxygens (including phenoxy) is 3. The van der Waals surface area contributed by atoms with Gasteiger partial charge in [-0.2, -0.15) is 0 Å². The van der Waals surface area contributed by atoms with Crippen molar-refractivity contribution in [3.8, 4) is 11.5 Å². The molecule has 0 N–H and O–H groups in total. The summed E-state index contributed by atoms with van der Waals surface area (Å²) >= 11 is 6.23. The quantitative estimate of drug-likeness (QED) is 0.299. The topological polar surface area (TPSA) is 85.4 Å². The predicted octanol–water partition coefficient (Wildman–Crippen LogP) is 5.33. The lowest BCUT2D eigenvalue weighted by atomic mass is 9.82. The fraction of sp³-hybridized carbons (Fsp3) is 0.516. The van der Waals surface area contributed by atoms with E-state index in [4.69, 9.17) is 25.8 Å². The van der Waals surface area contributed by atoms with Gasteiger partial charge in [0.15, 0.2) is 11.5 Å². The Morgan fingerprint density at radius 2 is 1.75 bits per heavy atom. The molecule has 9 heteroatoms. The van der Waals surface area contributed by atoms with E-state index in [2.05, 4.69) is 0 Å². The zero-order valence-corrected chi connectivity index (χ0v) is 24.7. The molecule has 216 valence electrons. The summed E-state index contributed by atoms with van der Waals surface area (Å²) in [5.41, 5.74) is 2.91. The molecule has 2 aliphatic rings. The van der Waals surface area contributed by atoms with Crippen LogP contribution in [0.4, 0.5) is 0 Å². The van der Waals surface area contributed by atoms with Crippen LogP contribution in [0.1, 0.15) is 75.6 Å². The van der Waals surface area contributed by atoms with Crippen LogP contribution in [0.5, 0.6) is 11.5 Å². The van der Waals surface area contributed by atoms with Crippen molar-refractivity contribution in [2.75, 3.05) is 20.8 Å². The van der Waals surface area contributed by atoms with Crippen molar-refractivity contribution in [2.45, 2.75) is 83.5 Å². The van der Waals surface area contributed by atoms with E-state index >= 15 is 0 Å². The van der Waals surface area contributed by atoms with Crippen LogP contribution in [0.15, 0.2) is 36.4 Å². The van der Waals surface area contributed by atoms with Crippen LogP contribution >= 0.6 is 11.6 Å². The molecule has 2 aromatic carbocycles. The molecule has 0 radical (unpaired) electrons. The Labute approximate surface area is 241 Å². The molecule has 1 fully saturated rings. The minimum Gasteiger partial charge on any atom is -0.493 e. The maximum Gasteiger partial charge on any atom is 0.315 e. The second-order valence-electron chi connectivity index (χ2n) is 10.7. The van der Waals surface area contributed by atoms with Crippen LogP contribution in [-0.4, -0.2) is 66.5 Å². The normalized spacial score (nSPS) is 20.6. The largest absolute Gasteiger partial charge is 0.493 e. The molecular weight excluding hydrogens is 532 g/mol. The van der Waals surface area contributed by atoms with E-state index in [0.29, 0.717) is 16.5 Å². The number of rotatable bonds is 9. The first-order valence-electron chi connectivity index (χ1n) is 14.0. The van der Waals surface area contributed by atoms with Crippen LogP contribution in [0.25, 0.3) is 0 Å². The third kappa shape index (κ3) is 6.54.